The number of rotatable bonds is 6. The monoisotopic (exact) mass is 299 g/mol. The van der Waals surface area contributed by atoms with Crippen molar-refractivity contribution in [3.63, 3.8) is 0 Å². The highest BCUT2D eigenvalue weighted by Crippen LogP contribution is 2.19. The highest BCUT2D eigenvalue weighted by molar-refractivity contribution is 6.31. The summed E-state index contributed by atoms with van der Waals surface area (Å²) in [6.45, 7) is 3.88. The zero-order valence-corrected chi connectivity index (χ0v) is 12.4. The molecule has 0 aliphatic heterocycles. The highest BCUT2D eigenvalue weighted by atomic mass is 35.5. The van der Waals surface area contributed by atoms with Crippen LogP contribution in [0.2, 0.25) is 5.15 Å². The number of halogens is 1. The predicted octanol–water partition coefficient (Wildman–Crippen LogP) is 1.62. The summed E-state index contributed by atoms with van der Waals surface area (Å²) < 4.78 is 1.53. The molecule has 1 aromatic rings. The van der Waals surface area contributed by atoms with E-state index in [1.54, 1.807) is 27.0 Å². The van der Waals surface area contributed by atoms with Crippen LogP contribution < -0.4 is 5.32 Å². The van der Waals surface area contributed by atoms with Crippen molar-refractivity contribution in [1.29, 1.82) is 0 Å². The van der Waals surface area contributed by atoms with Gasteiger partial charge >= 0.3 is 5.97 Å². The lowest BCUT2D eigenvalue weighted by atomic mass is 10.1. The van der Waals surface area contributed by atoms with Crippen LogP contribution >= 0.6 is 11.6 Å². The van der Waals surface area contributed by atoms with Crippen LogP contribution in [0, 0.1) is 12.8 Å². The van der Waals surface area contributed by atoms with Gasteiger partial charge in [0.15, 0.2) is 0 Å². The number of carboxylic acid groups (broad SMARTS) is 1. The van der Waals surface area contributed by atoms with Crippen LogP contribution in [-0.2, 0) is 16.6 Å². The van der Waals surface area contributed by atoms with Gasteiger partial charge in [0.25, 0.3) is 0 Å². The summed E-state index contributed by atoms with van der Waals surface area (Å²) in [5.74, 6) is -1.28. The van der Waals surface area contributed by atoms with E-state index in [0.717, 1.165) is 5.69 Å². The van der Waals surface area contributed by atoms with Gasteiger partial charge in [0.1, 0.15) is 5.15 Å². The molecule has 20 heavy (non-hydrogen) atoms. The van der Waals surface area contributed by atoms with Gasteiger partial charge in [-0.2, -0.15) is 5.10 Å². The molecule has 1 rings (SSSR count). The summed E-state index contributed by atoms with van der Waals surface area (Å²) in [7, 11) is 1.72. The fourth-order valence-electron chi connectivity index (χ4n) is 1.70. The van der Waals surface area contributed by atoms with Crippen LogP contribution in [0.1, 0.15) is 24.6 Å². The molecule has 0 aliphatic carbocycles. The van der Waals surface area contributed by atoms with Gasteiger partial charge in [-0.25, -0.2) is 0 Å². The summed E-state index contributed by atoms with van der Waals surface area (Å²) in [5.41, 5.74) is 1.43. The van der Waals surface area contributed by atoms with Crippen molar-refractivity contribution >= 4 is 29.6 Å². The maximum absolute atomic E-state index is 11.6. The summed E-state index contributed by atoms with van der Waals surface area (Å²) in [6, 6.07) is 0. The predicted molar refractivity (Wildman–Crippen MR) is 76.4 cm³/mol. The number of carbonyl (C=O) groups excluding carboxylic acids is 1. The molecule has 1 heterocycles. The fourth-order valence-corrected chi connectivity index (χ4v) is 1.94. The Hall–Kier alpha value is -1.82. The summed E-state index contributed by atoms with van der Waals surface area (Å²) in [6.07, 6.45) is 2.99. The van der Waals surface area contributed by atoms with Gasteiger partial charge in [0.05, 0.1) is 5.69 Å². The van der Waals surface area contributed by atoms with E-state index in [0.29, 0.717) is 17.3 Å². The van der Waals surface area contributed by atoms with Gasteiger partial charge in [0.2, 0.25) is 5.91 Å². The zero-order chi connectivity index (χ0) is 15.3. The van der Waals surface area contributed by atoms with E-state index in [9.17, 15) is 9.59 Å². The first-order valence-corrected chi connectivity index (χ1v) is 6.55. The normalized spacial score (nSPS) is 12.6. The average Bonchev–Trinajstić information content (AvgIpc) is 2.58. The third-order valence-corrected chi connectivity index (χ3v) is 3.19. The van der Waals surface area contributed by atoms with E-state index in [1.165, 1.54) is 10.8 Å². The van der Waals surface area contributed by atoms with E-state index < -0.39 is 5.97 Å². The third-order valence-electron chi connectivity index (χ3n) is 2.75. The second kappa shape index (κ2) is 7.09. The Bertz CT molecular complexity index is 537. The Balaban J connectivity index is 2.54. The number of nitrogens with zero attached hydrogens (tertiary/aromatic N) is 2. The van der Waals surface area contributed by atoms with Crippen molar-refractivity contribution in [2.75, 3.05) is 6.54 Å². The number of aliphatic carboxylic acids is 1. The number of amides is 1. The molecule has 6 nitrogen and oxygen atoms in total. The lowest BCUT2D eigenvalue weighted by Gasteiger charge is -2.08. The molecule has 1 amide bonds. The number of nitrogens with one attached hydrogen (secondary N) is 1. The minimum atomic E-state index is -0.875. The molecular weight excluding hydrogens is 282 g/mol. The molecule has 0 aliphatic rings. The van der Waals surface area contributed by atoms with Crippen molar-refractivity contribution in [3.8, 4) is 0 Å². The largest absolute Gasteiger partial charge is 0.481 e. The maximum Gasteiger partial charge on any atom is 0.303 e. The van der Waals surface area contributed by atoms with Crippen molar-refractivity contribution in [2.45, 2.75) is 20.3 Å². The van der Waals surface area contributed by atoms with Crippen LogP contribution in [-0.4, -0.2) is 33.3 Å². The van der Waals surface area contributed by atoms with E-state index in [-0.39, 0.29) is 18.2 Å². The van der Waals surface area contributed by atoms with E-state index >= 15 is 0 Å². The van der Waals surface area contributed by atoms with Crippen LogP contribution in [0.15, 0.2) is 6.08 Å². The van der Waals surface area contributed by atoms with Crippen molar-refractivity contribution in [1.82, 2.24) is 15.1 Å². The Labute approximate surface area is 122 Å². The minimum absolute atomic E-state index is 0.0253. The summed E-state index contributed by atoms with van der Waals surface area (Å²) in [5, 5.41) is 15.9. The topological polar surface area (TPSA) is 84.2 Å². The first kappa shape index (κ1) is 16.2. The number of aryl methyl sites for hydroxylation is 2. The van der Waals surface area contributed by atoms with E-state index in [4.69, 9.17) is 16.7 Å². The fraction of sp³-hybridized carbons (Fsp3) is 0.462. The molecule has 0 saturated carbocycles. The molecule has 1 unspecified atom stereocenters. The molecule has 0 bridgehead atoms. The summed E-state index contributed by atoms with van der Waals surface area (Å²) >= 11 is 6.03. The number of carbonyl (C=O) groups is 2. The quantitative estimate of drug-likeness (QED) is 0.782. The van der Waals surface area contributed by atoms with Gasteiger partial charge in [-0.3, -0.25) is 14.3 Å². The van der Waals surface area contributed by atoms with Crippen molar-refractivity contribution in [3.05, 3.63) is 22.5 Å². The molecule has 0 aromatic carbocycles. The zero-order valence-electron chi connectivity index (χ0n) is 11.7. The first-order valence-electron chi connectivity index (χ1n) is 6.18. The minimum Gasteiger partial charge on any atom is -0.481 e. The molecule has 2 N–H and O–H groups in total. The molecule has 7 heteroatoms. The van der Waals surface area contributed by atoms with E-state index in [1.807, 2.05) is 0 Å². The summed E-state index contributed by atoms with van der Waals surface area (Å²) in [4.78, 5) is 22.1. The van der Waals surface area contributed by atoms with Gasteiger partial charge in [-0.1, -0.05) is 18.5 Å². The second-order valence-electron chi connectivity index (χ2n) is 4.70. The molecule has 0 fully saturated rings. The molecule has 0 saturated heterocycles. The Kier molecular flexibility index (Phi) is 5.76. The van der Waals surface area contributed by atoms with Gasteiger partial charge < -0.3 is 10.4 Å². The number of aromatic nitrogens is 2. The second-order valence-corrected chi connectivity index (χ2v) is 5.05. The number of hydrogen-bond acceptors (Lipinski definition) is 3. The Morgan fingerprint density at radius 2 is 2.20 bits per heavy atom. The average molecular weight is 300 g/mol. The Morgan fingerprint density at radius 3 is 2.70 bits per heavy atom. The lowest BCUT2D eigenvalue weighted by Crippen LogP contribution is -2.27. The third kappa shape index (κ3) is 4.70. The van der Waals surface area contributed by atoms with Crippen LogP contribution in [0.5, 0.6) is 0 Å². The van der Waals surface area contributed by atoms with Gasteiger partial charge in [-0.05, 0) is 18.9 Å². The first-order chi connectivity index (χ1) is 9.31. The van der Waals surface area contributed by atoms with Gasteiger partial charge in [0, 0.05) is 31.7 Å². The van der Waals surface area contributed by atoms with Crippen LogP contribution in [0.4, 0.5) is 0 Å². The lowest BCUT2D eigenvalue weighted by molar-refractivity contribution is -0.138. The molecule has 110 valence electrons. The Morgan fingerprint density at radius 1 is 1.55 bits per heavy atom. The molecule has 1 atom stereocenters. The molecule has 0 spiro atoms. The van der Waals surface area contributed by atoms with Crippen molar-refractivity contribution < 1.29 is 14.7 Å². The maximum atomic E-state index is 11.6. The van der Waals surface area contributed by atoms with Crippen LogP contribution in [0.25, 0.3) is 6.08 Å². The molecule has 1 aromatic heterocycles. The number of hydrogen-bond donors (Lipinski definition) is 2. The SMILES string of the molecule is Cc1nn(C)c(Cl)c1/C=C/C(=O)NCC(C)CC(=O)O. The smallest absolute Gasteiger partial charge is 0.303 e. The highest BCUT2D eigenvalue weighted by Gasteiger charge is 2.10. The molecule has 0 radical (unpaired) electrons. The number of carboxylic acids is 1. The van der Waals surface area contributed by atoms with Gasteiger partial charge in [-0.15, -0.1) is 0 Å². The van der Waals surface area contributed by atoms with Crippen molar-refractivity contribution in [2.24, 2.45) is 13.0 Å². The standard InChI is InChI=1S/C13H18ClN3O3/c1-8(6-12(19)20)7-15-11(18)5-4-10-9(2)16-17(3)13(10)14/h4-5,8H,6-7H2,1-3H3,(H,15,18)(H,19,20)/b5-4+. The molecular formula is C13H18ClN3O3. The van der Waals surface area contributed by atoms with Crippen LogP contribution in [0.3, 0.4) is 0 Å². The van der Waals surface area contributed by atoms with E-state index in [2.05, 4.69) is 10.4 Å².